The van der Waals surface area contributed by atoms with Crippen molar-refractivity contribution in [2.75, 3.05) is 10.6 Å². The van der Waals surface area contributed by atoms with Gasteiger partial charge in [0.1, 0.15) is 31.3 Å². The Hall–Kier alpha value is -5.70. The van der Waals surface area contributed by atoms with Crippen molar-refractivity contribution in [1.82, 2.24) is 29.5 Å². The van der Waals surface area contributed by atoms with Gasteiger partial charge in [-0.1, -0.05) is 0 Å². The van der Waals surface area contributed by atoms with Crippen LogP contribution in [-0.2, 0) is 37.0 Å². The Morgan fingerprint density at radius 2 is 1.26 bits per heavy atom. The van der Waals surface area contributed by atoms with E-state index in [4.69, 9.17) is 11.8 Å². The maximum Gasteiger partial charge on any atom is 0.288 e. The molecule has 6 N–H and O–H groups in total. The Morgan fingerprint density at radius 3 is 1.72 bits per heavy atom. The molecule has 0 saturated carbocycles. The number of anilines is 2. The lowest BCUT2D eigenvalue weighted by Gasteiger charge is -2.09. The van der Waals surface area contributed by atoms with Crippen LogP contribution in [0.5, 0.6) is 0 Å². The van der Waals surface area contributed by atoms with E-state index in [0.717, 1.165) is 12.4 Å². The van der Waals surface area contributed by atoms with Gasteiger partial charge in [0, 0.05) is 26.2 Å². The Bertz CT molecular complexity index is 1720. The molecule has 20 heteroatoms. The standard InChI is InChI=1S/2C13H16N6O4/c1-7-10(4-9(5-15-7)19(21)22)13(20)16-12-8(2)18(3)17-11(12)6-23-14;1-7-10(4-9(5-15-7)19(21)22)13(20)16-12-8(2)17-18(3)11(12)6-23-14/h2*4-5H,6,14H2,1-3H3,(H,16,20). The van der Waals surface area contributed by atoms with Crippen molar-refractivity contribution < 1.29 is 29.1 Å². The highest BCUT2D eigenvalue weighted by atomic mass is 16.6. The van der Waals surface area contributed by atoms with Gasteiger partial charge in [-0.25, -0.2) is 11.8 Å². The Labute approximate surface area is 260 Å². The van der Waals surface area contributed by atoms with Crippen LogP contribution in [0.2, 0.25) is 0 Å². The SMILES string of the molecule is Cc1ncc([N+](=O)[O-])cc1C(=O)Nc1c(C)nn(C)c1CON.Cc1ncc([N+](=O)[O-])cc1C(=O)Nc1c(CON)nn(C)c1C. The van der Waals surface area contributed by atoms with Crippen LogP contribution in [0.4, 0.5) is 22.7 Å². The molecule has 4 rings (SSSR count). The monoisotopic (exact) mass is 640 g/mol. The first kappa shape index (κ1) is 34.8. The molecular formula is C26H32N12O8. The summed E-state index contributed by atoms with van der Waals surface area (Å²) in [7, 11) is 3.41. The van der Waals surface area contributed by atoms with Crippen LogP contribution in [0, 0.1) is 47.9 Å². The van der Waals surface area contributed by atoms with E-state index in [9.17, 15) is 29.8 Å². The predicted molar refractivity (Wildman–Crippen MR) is 161 cm³/mol. The molecule has 0 aliphatic heterocycles. The molecule has 4 aromatic rings. The van der Waals surface area contributed by atoms with Crippen LogP contribution in [0.1, 0.15) is 54.9 Å². The number of hydrogen-bond acceptors (Lipinski definition) is 14. The summed E-state index contributed by atoms with van der Waals surface area (Å²) in [5, 5.41) is 35.4. The van der Waals surface area contributed by atoms with E-state index >= 15 is 0 Å². The molecule has 0 saturated heterocycles. The Morgan fingerprint density at radius 1 is 0.783 bits per heavy atom. The van der Waals surface area contributed by atoms with Crippen LogP contribution in [0.3, 0.4) is 0 Å². The minimum absolute atomic E-state index is 0.0173. The molecule has 20 nitrogen and oxygen atoms in total. The molecule has 0 aliphatic rings. The van der Waals surface area contributed by atoms with Crippen molar-refractivity contribution in [3.8, 4) is 0 Å². The van der Waals surface area contributed by atoms with Gasteiger partial charge in [-0.2, -0.15) is 10.2 Å². The summed E-state index contributed by atoms with van der Waals surface area (Å²) in [6.07, 6.45) is 2.21. The number of carbonyl (C=O) groups is 2. The summed E-state index contributed by atoms with van der Waals surface area (Å²) in [5.41, 5.74) is 3.68. The van der Waals surface area contributed by atoms with Crippen LogP contribution >= 0.6 is 0 Å². The highest BCUT2D eigenvalue weighted by Crippen LogP contribution is 2.24. The largest absolute Gasteiger partial charge is 0.319 e. The number of nitrogens with zero attached hydrogens (tertiary/aromatic N) is 8. The lowest BCUT2D eigenvalue weighted by molar-refractivity contribution is -0.385. The number of pyridine rings is 2. The Kier molecular flexibility index (Phi) is 11.2. The number of nitrogens with one attached hydrogen (secondary N) is 2. The lowest BCUT2D eigenvalue weighted by atomic mass is 10.1. The van der Waals surface area contributed by atoms with Gasteiger partial charge in [0.15, 0.2) is 0 Å². The number of amides is 2. The molecular weight excluding hydrogens is 608 g/mol. The summed E-state index contributed by atoms with van der Waals surface area (Å²) in [5.74, 6) is 9.11. The van der Waals surface area contributed by atoms with E-state index in [1.54, 1.807) is 46.5 Å². The van der Waals surface area contributed by atoms with Gasteiger partial charge in [-0.15, -0.1) is 0 Å². The van der Waals surface area contributed by atoms with Gasteiger partial charge in [-0.05, 0) is 27.7 Å². The van der Waals surface area contributed by atoms with Crippen LogP contribution in [0.15, 0.2) is 24.5 Å². The fraction of sp³-hybridized carbons (Fsp3) is 0.308. The molecule has 0 aromatic carbocycles. The van der Waals surface area contributed by atoms with Gasteiger partial charge >= 0.3 is 0 Å². The molecule has 0 unspecified atom stereocenters. The fourth-order valence-electron chi connectivity index (χ4n) is 4.20. The highest BCUT2D eigenvalue weighted by molar-refractivity contribution is 6.06. The summed E-state index contributed by atoms with van der Waals surface area (Å²) >= 11 is 0. The smallest absolute Gasteiger partial charge is 0.288 e. The number of aryl methyl sites for hydroxylation is 5. The summed E-state index contributed by atoms with van der Waals surface area (Å²) < 4.78 is 3.11. The molecule has 0 spiro atoms. The highest BCUT2D eigenvalue weighted by Gasteiger charge is 2.22. The third-order valence-corrected chi connectivity index (χ3v) is 6.72. The zero-order chi connectivity index (χ0) is 34.3. The number of aromatic nitrogens is 6. The second-order valence-electron chi connectivity index (χ2n) is 9.76. The third kappa shape index (κ3) is 7.87. The number of hydrogen-bond donors (Lipinski definition) is 4. The molecule has 0 bridgehead atoms. The maximum atomic E-state index is 12.4. The van der Waals surface area contributed by atoms with Crippen LogP contribution in [0.25, 0.3) is 0 Å². The van der Waals surface area contributed by atoms with Crippen molar-refractivity contribution in [3.05, 3.63) is 90.0 Å². The average molecular weight is 641 g/mol. The lowest BCUT2D eigenvalue weighted by Crippen LogP contribution is -2.17. The molecule has 4 aromatic heterocycles. The van der Waals surface area contributed by atoms with Gasteiger partial charge in [0.2, 0.25) is 0 Å². The minimum Gasteiger partial charge on any atom is -0.319 e. The first-order valence-electron chi connectivity index (χ1n) is 13.2. The van der Waals surface area contributed by atoms with E-state index in [1.807, 2.05) is 0 Å². The van der Waals surface area contributed by atoms with E-state index < -0.39 is 21.7 Å². The number of rotatable bonds is 10. The molecule has 0 atom stereocenters. The molecule has 0 fully saturated rings. The summed E-state index contributed by atoms with van der Waals surface area (Å²) in [6.45, 7) is 6.75. The number of nitrogens with two attached hydrogens (primary N) is 2. The van der Waals surface area contributed by atoms with Crippen LogP contribution < -0.4 is 22.4 Å². The zero-order valence-electron chi connectivity index (χ0n) is 25.7. The van der Waals surface area contributed by atoms with E-state index in [1.165, 1.54) is 16.8 Å². The van der Waals surface area contributed by atoms with Gasteiger partial charge in [0.05, 0.1) is 60.8 Å². The summed E-state index contributed by atoms with van der Waals surface area (Å²) in [6, 6.07) is 2.37. The molecule has 0 aliphatic carbocycles. The molecule has 244 valence electrons. The van der Waals surface area contributed by atoms with Gasteiger partial charge < -0.3 is 10.6 Å². The first-order valence-corrected chi connectivity index (χ1v) is 13.2. The Balaban J connectivity index is 0.000000250. The van der Waals surface area contributed by atoms with Gasteiger partial charge in [0.25, 0.3) is 23.2 Å². The molecule has 0 radical (unpaired) electrons. The van der Waals surface area contributed by atoms with Crippen molar-refractivity contribution in [2.24, 2.45) is 25.9 Å². The van der Waals surface area contributed by atoms with Crippen LogP contribution in [-0.4, -0.2) is 51.2 Å². The van der Waals surface area contributed by atoms with Crippen molar-refractivity contribution in [3.63, 3.8) is 0 Å². The van der Waals surface area contributed by atoms with Crippen molar-refractivity contribution in [2.45, 2.75) is 40.9 Å². The van der Waals surface area contributed by atoms with E-state index in [-0.39, 0.29) is 35.7 Å². The van der Waals surface area contributed by atoms with E-state index in [0.29, 0.717) is 45.5 Å². The third-order valence-electron chi connectivity index (χ3n) is 6.72. The molecule has 2 amide bonds. The van der Waals surface area contributed by atoms with Crippen molar-refractivity contribution >= 4 is 34.6 Å². The second-order valence-corrected chi connectivity index (χ2v) is 9.76. The number of carbonyl (C=O) groups excluding carboxylic acids is 2. The minimum atomic E-state index is -0.605. The molecule has 46 heavy (non-hydrogen) atoms. The second kappa shape index (κ2) is 14.9. The number of nitro groups is 2. The predicted octanol–water partition coefficient (Wildman–Crippen LogP) is 1.97. The van der Waals surface area contributed by atoms with Gasteiger partial charge in [-0.3, -0.25) is 58.8 Å². The normalized spacial score (nSPS) is 10.6. The first-order chi connectivity index (χ1) is 21.7. The fourth-order valence-corrected chi connectivity index (χ4v) is 4.20. The van der Waals surface area contributed by atoms with E-state index in [2.05, 4.69) is 40.5 Å². The summed E-state index contributed by atoms with van der Waals surface area (Å²) in [4.78, 5) is 62.3. The average Bonchev–Trinajstić information content (AvgIpc) is 3.41. The quantitative estimate of drug-likeness (QED) is 0.142. The zero-order valence-corrected chi connectivity index (χ0v) is 25.7. The molecule has 4 heterocycles. The maximum absolute atomic E-state index is 12.4. The topological polar surface area (TPSA) is 276 Å². The van der Waals surface area contributed by atoms with Crippen molar-refractivity contribution in [1.29, 1.82) is 0 Å².